The number of aromatic nitrogens is 2. The Bertz CT molecular complexity index is 465. The van der Waals surface area contributed by atoms with Gasteiger partial charge in [-0.05, 0) is 39.5 Å². The predicted molar refractivity (Wildman–Crippen MR) is 83.6 cm³/mol. The van der Waals surface area contributed by atoms with Crippen LogP contribution in [0.25, 0.3) is 0 Å². The van der Waals surface area contributed by atoms with Crippen molar-refractivity contribution in [2.75, 3.05) is 31.6 Å². The molecule has 2 heterocycles. The third kappa shape index (κ3) is 3.52. The fourth-order valence-corrected chi connectivity index (χ4v) is 3.41. The highest BCUT2D eigenvalue weighted by Gasteiger charge is 2.27. The van der Waals surface area contributed by atoms with Crippen LogP contribution < -0.4 is 5.32 Å². The van der Waals surface area contributed by atoms with Crippen LogP contribution in [0.15, 0.2) is 6.33 Å². The minimum absolute atomic E-state index is 0.551. The molecule has 0 spiro atoms. The highest BCUT2D eigenvalue weighted by Crippen LogP contribution is 2.26. The van der Waals surface area contributed by atoms with Crippen LogP contribution in [0, 0.1) is 13.8 Å². The van der Waals surface area contributed by atoms with Crippen LogP contribution in [-0.2, 0) is 4.74 Å². The minimum atomic E-state index is 0.551. The van der Waals surface area contributed by atoms with E-state index < -0.39 is 0 Å². The fraction of sp³-hybridized carbons (Fsp3) is 0.750. The summed E-state index contributed by atoms with van der Waals surface area (Å²) in [7, 11) is 0. The molecule has 0 amide bonds. The molecule has 5 heteroatoms. The molecule has 0 radical (unpaired) electrons. The van der Waals surface area contributed by atoms with E-state index >= 15 is 0 Å². The second-order valence-corrected chi connectivity index (χ2v) is 6.23. The van der Waals surface area contributed by atoms with Gasteiger partial charge in [0.2, 0.25) is 0 Å². The van der Waals surface area contributed by atoms with E-state index in [9.17, 15) is 0 Å². The van der Waals surface area contributed by atoms with Crippen molar-refractivity contribution in [1.29, 1.82) is 0 Å². The van der Waals surface area contributed by atoms with E-state index in [2.05, 4.69) is 27.1 Å². The van der Waals surface area contributed by atoms with E-state index in [1.165, 1.54) is 31.2 Å². The Morgan fingerprint density at radius 3 is 2.52 bits per heavy atom. The Morgan fingerprint density at radius 2 is 1.81 bits per heavy atom. The number of ether oxygens (including phenoxy) is 1. The molecule has 0 unspecified atom stereocenters. The van der Waals surface area contributed by atoms with Crippen LogP contribution in [0.5, 0.6) is 0 Å². The van der Waals surface area contributed by atoms with Gasteiger partial charge < -0.3 is 10.1 Å². The summed E-state index contributed by atoms with van der Waals surface area (Å²) < 4.78 is 5.45. The van der Waals surface area contributed by atoms with Crippen LogP contribution in [0.3, 0.4) is 0 Å². The molecular formula is C16H26N4O. The molecule has 1 aromatic rings. The topological polar surface area (TPSA) is 50.3 Å². The molecule has 1 saturated heterocycles. The molecule has 1 aromatic heterocycles. The van der Waals surface area contributed by atoms with Gasteiger partial charge in [0.15, 0.2) is 0 Å². The molecule has 1 aliphatic carbocycles. The maximum Gasteiger partial charge on any atom is 0.132 e. The third-order valence-electron chi connectivity index (χ3n) is 4.94. The van der Waals surface area contributed by atoms with Gasteiger partial charge in [0.05, 0.1) is 13.2 Å². The van der Waals surface area contributed by atoms with Gasteiger partial charge in [-0.25, -0.2) is 9.97 Å². The van der Waals surface area contributed by atoms with E-state index in [0.717, 1.165) is 43.9 Å². The van der Waals surface area contributed by atoms with Gasteiger partial charge in [-0.3, -0.25) is 4.90 Å². The first-order valence-electron chi connectivity index (χ1n) is 8.10. The number of nitrogens with zero attached hydrogens (tertiary/aromatic N) is 3. The summed E-state index contributed by atoms with van der Waals surface area (Å²) >= 11 is 0. The number of hydrogen-bond donors (Lipinski definition) is 1. The van der Waals surface area contributed by atoms with Crippen molar-refractivity contribution in [1.82, 2.24) is 14.9 Å². The highest BCUT2D eigenvalue weighted by molar-refractivity contribution is 5.45. The molecule has 21 heavy (non-hydrogen) atoms. The molecule has 1 saturated carbocycles. The molecule has 0 bridgehead atoms. The summed E-state index contributed by atoms with van der Waals surface area (Å²) in [5.41, 5.74) is 2.24. The molecule has 1 N–H and O–H groups in total. The lowest BCUT2D eigenvalue weighted by Crippen LogP contribution is -2.46. The Hall–Kier alpha value is -1.20. The largest absolute Gasteiger partial charge is 0.379 e. The van der Waals surface area contributed by atoms with Crippen LogP contribution in [-0.4, -0.2) is 53.3 Å². The van der Waals surface area contributed by atoms with Crippen molar-refractivity contribution in [3.63, 3.8) is 0 Å². The minimum Gasteiger partial charge on any atom is -0.379 e. The van der Waals surface area contributed by atoms with E-state index in [1.54, 1.807) is 6.33 Å². The zero-order chi connectivity index (χ0) is 14.7. The highest BCUT2D eigenvalue weighted by atomic mass is 16.5. The summed E-state index contributed by atoms with van der Waals surface area (Å²) in [6.07, 6.45) is 6.67. The molecule has 3 rings (SSSR count). The summed E-state index contributed by atoms with van der Waals surface area (Å²) in [6, 6.07) is 1.30. The lowest BCUT2D eigenvalue weighted by molar-refractivity contribution is 0.00790. The van der Waals surface area contributed by atoms with Crippen molar-refractivity contribution in [2.24, 2.45) is 0 Å². The third-order valence-corrected chi connectivity index (χ3v) is 4.94. The Balaban J connectivity index is 1.52. The van der Waals surface area contributed by atoms with Gasteiger partial charge >= 0.3 is 0 Å². The quantitative estimate of drug-likeness (QED) is 0.924. The summed E-state index contributed by atoms with van der Waals surface area (Å²) in [5, 5.41) is 3.62. The van der Waals surface area contributed by atoms with Crippen LogP contribution in [0.4, 0.5) is 5.82 Å². The zero-order valence-corrected chi connectivity index (χ0v) is 13.1. The van der Waals surface area contributed by atoms with Crippen molar-refractivity contribution in [2.45, 2.75) is 51.6 Å². The van der Waals surface area contributed by atoms with Crippen molar-refractivity contribution in [3.05, 3.63) is 17.6 Å². The number of hydrogen-bond acceptors (Lipinski definition) is 5. The van der Waals surface area contributed by atoms with Gasteiger partial charge in [0, 0.05) is 36.4 Å². The van der Waals surface area contributed by atoms with Crippen LogP contribution >= 0.6 is 0 Å². The summed E-state index contributed by atoms with van der Waals surface area (Å²) in [5.74, 6) is 1.01. The molecular weight excluding hydrogens is 264 g/mol. The van der Waals surface area contributed by atoms with Gasteiger partial charge in [-0.15, -0.1) is 0 Å². The molecule has 0 atom stereocenters. The number of morpholine rings is 1. The number of anilines is 1. The molecule has 0 aromatic carbocycles. The van der Waals surface area contributed by atoms with Gasteiger partial charge in [-0.1, -0.05) is 0 Å². The molecule has 1 aliphatic heterocycles. The zero-order valence-electron chi connectivity index (χ0n) is 13.1. The van der Waals surface area contributed by atoms with E-state index in [1.807, 2.05) is 6.92 Å². The van der Waals surface area contributed by atoms with E-state index in [4.69, 9.17) is 4.74 Å². The van der Waals surface area contributed by atoms with Crippen molar-refractivity contribution in [3.8, 4) is 0 Å². The van der Waals surface area contributed by atoms with Gasteiger partial charge in [0.1, 0.15) is 12.1 Å². The SMILES string of the molecule is Cc1ncnc(NC2CCC(N3CCOCC3)CC2)c1C. The average molecular weight is 290 g/mol. The van der Waals surface area contributed by atoms with Crippen LogP contribution in [0.2, 0.25) is 0 Å². The maximum absolute atomic E-state index is 5.45. The second-order valence-electron chi connectivity index (χ2n) is 6.23. The monoisotopic (exact) mass is 290 g/mol. The second kappa shape index (κ2) is 6.71. The number of rotatable bonds is 3. The summed E-state index contributed by atoms with van der Waals surface area (Å²) in [6.45, 7) is 8.14. The average Bonchev–Trinajstić information content (AvgIpc) is 2.53. The molecule has 5 nitrogen and oxygen atoms in total. The summed E-state index contributed by atoms with van der Waals surface area (Å²) in [4.78, 5) is 11.2. The Labute approximate surface area is 127 Å². The van der Waals surface area contributed by atoms with E-state index in [-0.39, 0.29) is 0 Å². The Kier molecular flexibility index (Phi) is 4.70. The molecule has 2 fully saturated rings. The van der Waals surface area contributed by atoms with Crippen molar-refractivity contribution >= 4 is 5.82 Å². The maximum atomic E-state index is 5.45. The fourth-order valence-electron chi connectivity index (χ4n) is 3.41. The van der Waals surface area contributed by atoms with Crippen LogP contribution in [0.1, 0.15) is 36.9 Å². The van der Waals surface area contributed by atoms with Gasteiger partial charge in [0.25, 0.3) is 0 Å². The molecule has 116 valence electrons. The lowest BCUT2D eigenvalue weighted by atomic mass is 9.90. The van der Waals surface area contributed by atoms with E-state index in [0.29, 0.717) is 6.04 Å². The number of nitrogens with one attached hydrogen (secondary N) is 1. The smallest absolute Gasteiger partial charge is 0.132 e. The molecule has 2 aliphatic rings. The first kappa shape index (κ1) is 14.7. The first-order chi connectivity index (χ1) is 10.2. The standard InChI is InChI=1S/C16H26N4O/c1-12-13(2)17-11-18-16(12)19-14-3-5-15(6-4-14)20-7-9-21-10-8-20/h11,14-15H,3-10H2,1-2H3,(H,17,18,19). The number of aryl methyl sites for hydroxylation is 1. The lowest BCUT2D eigenvalue weighted by Gasteiger charge is -2.39. The normalized spacial score (nSPS) is 27.5. The van der Waals surface area contributed by atoms with Crippen molar-refractivity contribution < 1.29 is 4.74 Å². The van der Waals surface area contributed by atoms with Gasteiger partial charge in [-0.2, -0.15) is 0 Å². The predicted octanol–water partition coefficient (Wildman–Crippen LogP) is 2.15. The Morgan fingerprint density at radius 1 is 1.10 bits per heavy atom. The first-order valence-corrected chi connectivity index (χ1v) is 8.10.